The highest BCUT2D eigenvalue weighted by Crippen LogP contribution is 2.25. The van der Waals surface area contributed by atoms with E-state index in [1.165, 1.54) is 5.56 Å². The third-order valence-corrected chi connectivity index (χ3v) is 2.79. The van der Waals surface area contributed by atoms with E-state index in [2.05, 4.69) is 31.0 Å². The number of hydrogen-bond donors (Lipinski definition) is 1. The molecule has 0 bridgehead atoms. The second kappa shape index (κ2) is 3.70. The normalized spacial score (nSPS) is 11.2. The van der Waals surface area contributed by atoms with Crippen molar-refractivity contribution in [3.8, 4) is 0 Å². The van der Waals surface area contributed by atoms with Gasteiger partial charge in [-0.05, 0) is 29.7 Å². The van der Waals surface area contributed by atoms with Crippen LogP contribution in [0.1, 0.15) is 25.3 Å². The number of fused-ring (bicyclic) bond motifs is 1. The smallest absolute Gasteiger partial charge is 0.142 e. The predicted molar refractivity (Wildman–Crippen MR) is 65.3 cm³/mol. The molecule has 0 spiro atoms. The van der Waals surface area contributed by atoms with E-state index >= 15 is 0 Å². The van der Waals surface area contributed by atoms with Crippen LogP contribution in [-0.2, 0) is 0 Å². The first-order chi connectivity index (χ1) is 7.08. The number of pyridine rings is 1. The molecule has 0 saturated heterocycles. The first-order valence-electron chi connectivity index (χ1n) is 4.93. The third kappa shape index (κ3) is 1.90. The highest BCUT2D eigenvalue weighted by Gasteiger charge is 2.04. The van der Waals surface area contributed by atoms with E-state index < -0.39 is 0 Å². The molecule has 0 fully saturated rings. The molecule has 0 aliphatic rings. The minimum absolute atomic E-state index is 0.390. The lowest BCUT2D eigenvalue weighted by molar-refractivity contribution is 0.868. The fourth-order valence-electron chi connectivity index (χ4n) is 1.54. The van der Waals surface area contributed by atoms with Gasteiger partial charge >= 0.3 is 0 Å². The average Bonchev–Trinajstić information content (AvgIpc) is 2.19. The molecule has 0 radical (unpaired) electrons. The van der Waals surface area contributed by atoms with E-state index in [1.54, 1.807) is 0 Å². The molecule has 0 aliphatic carbocycles. The van der Waals surface area contributed by atoms with Crippen molar-refractivity contribution >= 4 is 28.3 Å². The lowest BCUT2D eigenvalue weighted by Crippen LogP contribution is -1.93. The third-order valence-electron chi connectivity index (χ3n) is 2.49. The first-order valence-corrected chi connectivity index (χ1v) is 5.31. The number of nitrogens with zero attached hydrogens (tertiary/aromatic N) is 1. The van der Waals surface area contributed by atoms with Crippen LogP contribution < -0.4 is 5.73 Å². The molecule has 3 heteroatoms. The van der Waals surface area contributed by atoms with Gasteiger partial charge in [-0.1, -0.05) is 31.5 Å². The molecule has 2 N–H and O–H groups in total. The SMILES string of the molecule is CC(C)c1ccc2nc(N)c(Cl)cc2c1. The second-order valence-corrected chi connectivity index (χ2v) is 4.37. The van der Waals surface area contributed by atoms with Crippen LogP contribution in [0.15, 0.2) is 24.3 Å². The number of halogens is 1. The Balaban J connectivity index is 2.66. The summed E-state index contributed by atoms with van der Waals surface area (Å²) in [6.07, 6.45) is 0. The van der Waals surface area contributed by atoms with Crippen molar-refractivity contribution in [3.05, 3.63) is 34.9 Å². The van der Waals surface area contributed by atoms with Gasteiger partial charge in [0.2, 0.25) is 0 Å². The Morgan fingerprint density at radius 2 is 2.00 bits per heavy atom. The van der Waals surface area contributed by atoms with Crippen LogP contribution in [0.3, 0.4) is 0 Å². The quantitative estimate of drug-likeness (QED) is 0.798. The Labute approximate surface area is 94.1 Å². The van der Waals surface area contributed by atoms with Crippen molar-refractivity contribution in [2.75, 3.05) is 5.73 Å². The van der Waals surface area contributed by atoms with Gasteiger partial charge in [-0.25, -0.2) is 4.98 Å². The summed E-state index contributed by atoms with van der Waals surface area (Å²) in [6.45, 7) is 4.32. The number of rotatable bonds is 1. The maximum Gasteiger partial charge on any atom is 0.142 e. The molecule has 78 valence electrons. The molecule has 1 heterocycles. The van der Waals surface area contributed by atoms with Gasteiger partial charge in [-0.15, -0.1) is 0 Å². The number of hydrogen-bond acceptors (Lipinski definition) is 2. The topological polar surface area (TPSA) is 38.9 Å². The summed E-state index contributed by atoms with van der Waals surface area (Å²) in [4.78, 5) is 4.22. The van der Waals surface area contributed by atoms with E-state index in [0.717, 1.165) is 10.9 Å². The van der Waals surface area contributed by atoms with Gasteiger partial charge in [0.05, 0.1) is 10.5 Å². The van der Waals surface area contributed by atoms with E-state index in [9.17, 15) is 0 Å². The molecular formula is C12H13ClN2. The standard InChI is InChI=1S/C12H13ClN2/c1-7(2)8-3-4-11-9(5-8)6-10(13)12(14)15-11/h3-7H,1-2H3,(H2,14,15). The van der Waals surface area contributed by atoms with Gasteiger partial charge in [-0.2, -0.15) is 0 Å². The van der Waals surface area contributed by atoms with Crippen molar-refractivity contribution in [1.82, 2.24) is 4.98 Å². The predicted octanol–water partition coefficient (Wildman–Crippen LogP) is 3.59. The monoisotopic (exact) mass is 220 g/mol. The van der Waals surface area contributed by atoms with Crippen molar-refractivity contribution < 1.29 is 0 Å². The van der Waals surface area contributed by atoms with E-state index in [-0.39, 0.29) is 0 Å². The molecule has 1 aromatic carbocycles. The zero-order valence-corrected chi connectivity index (χ0v) is 9.55. The van der Waals surface area contributed by atoms with Gasteiger partial charge in [0.25, 0.3) is 0 Å². The van der Waals surface area contributed by atoms with Crippen LogP contribution >= 0.6 is 11.6 Å². The van der Waals surface area contributed by atoms with Crippen molar-refractivity contribution in [2.24, 2.45) is 0 Å². The molecule has 2 rings (SSSR count). The van der Waals surface area contributed by atoms with Gasteiger partial charge in [0, 0.05) is 5.39 Å². The zero-order chi connectivity index (χ0) is 11.0. The fraction of sp³-hybridized carbons (Fsp3) is 0.250. The maximum absolute atomic E-state index is 5.93. The lowest BCUT2D eigenvalue weighted by atomic mass is 10.0. The molecule has 1 aromatic heterocycles. The first kappa shape index (κ1) is 10.2. The Morgan fingerprint density at radius 1 is 1.27 bits per heavy atom. The molecular weight excluding hydrogens is 208 g/mol. The van der Waals surface area contributed by atoms with Crippen LogP contribution in [0.5, 0.6) is 0 Å². The summed E-state index contributed by atoms with van der Waals surface area (Å²) in [5.74, 6) is 0.896. The van der Waals surface area contributed by atoms with Gasteiger partial charge < -0.3 is 5.73 Å². The van der Waals surface area contributed by atoms with Gasteiger partial charge in [0.15, 0.2) is 0 Å². The average molecular weight is 221 g/mol. The van der Waals surface area contributed by atoms with E-state index in [0.29, 0.717) is 16.8 Å². The van der Waals surface area contributed by atoms with Crippen molar-refractivity contribution in [2.45, 2.75) is 19.8 Å². The minimum Gasteiger partial charge on any atom is -0.382 e. The Kier molecular flexibility index (Phi) is 2.53. The fourth-order valence-corrected chi connectivity index (χ4v) is 1.70. The van der Waals surface area contributed by atoms with Crippen molar-refractivity contribution in [3.63, 3.8) is 0 Å². The summed E-state index contributed by atoms with van der Waals surface area (Å²) in [5, 5.41) is 1.56. The van der Waals surface area contributed by atoms with Crippen LogP contribution in [0, 0.1) is 0 Å². The minimum atomic E-state index is 0.390. The molecule has 0 atom stereocenters. The Bertz CT molecular complexity index is 506. The zero-order valence-electron chi connectivity index (χ0n) is 8.79. The molecule has 0 aliphatic heterocycles. The Hall–Kier alpha value is -1.28. The second-order valence-electron chi connectivity index (χ2n) is 3.96. The lowest BCUT2D eigenvalue weighted by Gasteiger charge is -2.07. The van der Waals surface area contributed by atoms with Crippen LogP contribution in [0.25, 0.3) is 10.9 Å². The highest BCUT2D eigenvalue weighted by molar-refractivity contribution is 6.33. The molecule has 2 aromatic rings. The summed E-state index contributed by atoms with van der Waals surface area (Å²) >= 11 is 5.93. The van der Waals surface area contributed by atoms with Crippen LogP contribution in [-0.4, -0.2) is 4.98 Å². The molecule has 2 nitrogen and oxygen atoms in total. The molecule has 15 heavy (non-hydrogen) atoms. The summed E-state index contributed by atoms with van der Waals surface area (Å²) < 4.78 is 0. The number of benzene rings is 1. The summed E-state index contributed by atoms with van der Waals surface area (Å²) in [5.41, 5.74) is 7.81. The summed E-state index contributed by atoms with van der Waals surface area (Å²) in [7, 11) is 0. The number of nitrogens with two attached hydrogens (primary N) is 1. The Morgan fingerprint density at radius 3 is 2.67 bits per heavy atom. The maximum atomic E-state index is 5.93. The van der Waals surface area contributed by atoms with Crippen LogP contribution in [0.4, 0.5) is 5.82 Å². The largest absolute Gasteiger partial charge is 0.382 e. The van der Waals surface area contributed by atoms with Crippen molar-refractivity contribution in [1.29, 1.82) is 0 Å². The van der Waals surface area contributed by atoms with E-state index in [1.807, 2.05) is 12.1 Å². The highest BCUT2D eigenvalue weighted by atomic mass is 35.5. The van der Waals surface area contributed by atoms with Gasteiger partial charge in [0.1, 0.15) is 5.82 Å². The molecule has 0 unspecified atom stereocenters. The molecule has 0 amide bonds. The van der Waals surface area contributed by atoms with Gasteiger partial charge in [-0.3, -0.25) is 0 Å². The number of anilines is 1. The number of nitrogen functional groups attached to an aromatic ring is 1. The summed E-state index contributed by atoms with van der Waals surface area (Å²) in [6, 6.07) is 8.04. The van der Waals surface area contributed by atoms with E-state index in [4.69, 9.17) is 17.3 Å². The number of aromatic nitrogens is 1. The van der Waals surface area contributed by atoms with Crippen LogP contribution in [0.2, 0.25) is 5.02 Å². The molecule has 0 saturated carbocycles.